The molecule has 2 atom stereocenters. The zero-order valence-electron chi connectivity index (χ0n) is 12.7. The molecule has 1 aromatic rings. The Labute approximate surface area is 117 Å². The number of rotatable bonds is 4. The van der Waals surface area contributed by atoms with E-state index in [4.69, 9.17) is 5.10 Å². The lowest BCUT2D eigenvalue weighted by Crippen LogP contribution is -2.37. The van der Waals surface area contributed by atoms with E-state index in [-0.39, 0.29) is 0 Å². The summed E-state index contributed by atoms with van der Waals surface area (Å²) in [5, 5.41) is 8.27. The van der Waals surface area contributed by atoms with Gasteiger partial charge in [0.05, 0.1) is 6.04 Å². The zero-order chi connectivity index (χ0) is 13.7. The molecule has 0 aromatic carbocycles. The van der Waals surface area contributed by atoms with E-state index < -0.39 is 0 Å². The predicted molar refractivity (Wildman–Crippen MR) is 78.4 cm³/mol. The summed E-state index contributed by atoms with van der Waals surface area (Å²) in [5.74, 6) is 2.15. The van der Waals surface area contributed by atoms with Crippen LogP contribution in [0.15, 0.2) is 0 Å². The van der Waals surface area contributed by atoms with Crippen molar-refractivity contribution in [1.29, 1.82) is 0 Å². The lowest BCUT2D eigenvalue weighted by Gasteiger charge is -2.30. The molecule has 1 aromatic heterocycles. The SMILES string of the molecule is CCc1nc(CC)n(C2CCCCCCC2NC)n1. The molecule has 2 rings (SSSR count). The Hall–Kier alpha value is -0.900. The van der Waals surface area contributed by atoms with Crippen molar-refractivity contribution in [3.63, 3.8) is 0 Å². The van der Waals surface area contributed by atoms with Gasteiger partial charge >= 0.3 is 0 Å². The molecular weight excluding hydrogens is 236 g/mol. The minimum absolute atomic E-state index is 0.480. The summed E-state index contributed by atoms with van der Waals surface area (Å²) in [4.78, 5) is 4.67. The van der Waals surface area contributed by atoms with Gasteiger partial charge in [0.1, 0.15) is 5.82 Å². The lowest BCUT2D eigenvalue weighted by atomic mass is 9.92. The van der Waals surface area contributed by atoms with E-state index in [1.54, 1.807) is 0 Å². The summed E-state index contributed by atoms with van der Waals surface area (Å²) in [6.45, 7) is 4.31. The third-order valence-electron chi connectivity index (χ3n) is 4.29. The molecule has 0 bridgehead atoms. The van der Waals surface area contributed by atoms with Crippen molar-refractivity contribution < 1.29 is 0 Å². The van der Waals surface area contributed by atoms with E-state index in [1.807, 2.05) is 0 Å². The van der Waals surface area contributed by atoms with Crippen LogP contribution in [0.2, 0.25) is 0 Å². The Morgan fingerprint density at radius 3 is 2.47 bits per heavy atom. The molecule has 1 heterocycles. The molecule has 108 valence electrons. The first-order chi connectivity index (χ1) is 9.30. The Bertz CT molecular complexity index is 385. The summed E-state index contributed by atoms with van der Waals surface area (Å²) < 4.78 is 2.23. The van der Waals surface area contributed by atoms with Crippen LogP contribution in [0.3, 0.4) is 0 Å². The highest BCUT2D eigenvalue weighted by molar-refractivity contribution is 4.97. The maximum Gasteiger partial charge on any atom is 0.150 e. The van der Waals surface area contributed by atoms with E-state index in [0.717, 1.165) is 24.5 Å². The number of hydrogen-bond donors (Lipinski definition) is 1. The van der Waals surface area contributed by atoms with Crippen molar-refractivity contribution >= 4 is 0 Å². The molecule has 1 N–H and O–H groups in total. The van der Waals surface area contributed by atoms with Crippen molar-refractivity contribution in [3.8, 4) is 0 Å². The molecule has 4 heteroatoms. The van der Waals surface area contributed by atoms with Crippen molar-refractivity contribution in [2.75, 3.05) is 7.05 Å². The molecule has 4 nitrogen and oxygen atoms in total. The molecule has 0 aliphatic heterocycles. The van der Waals surface area contributed by atoms with Crippen LogP contribution in [0.5, 0.6) is 0 Å². The fourth-order valence-electron chi connectivity index (χ4n) is 3.16. The summed E-state index contributed by atoms with van der Waals surface area (Å²) in [5.41, 5.74) is 0. The molecule has 1 aliphatic rings. The number of likely N-dealkylation sites (N-methyl/N-ethyl adjacent to an activating group) is 1. The monoisotopic (exact) mass is 264 g/mol. The van der Waals surface area contributed by atoms with Gasteiger partial charge < -0.3 is 5.32 Å². The Balaban J connectivity index is 2.26. The first-order valence-electron chi connectivity index (χ1n) is 7.91. The number of aromatic nitrogens is 3. The second kappa shape index (κ2) is 7.04. The van der Waals surface area contributed by atoms with E-state index >= 15 is 0 Å². The molecule has 1 fully saturated rings. The Morgan fingerprint density at radius 1 is 1.11 bits per heavy atom. The fraction of sp³-hybridized carbons (Fsp3) is 0.867. The van der Waals surface area contributed by atoms with Gasteiger partial charge in [0.15, 0.2) is 5.82 Å². The summed E-state index contributed by atoms with van der Waals surface area (Å²) in [6.07, 6.45) is 9.77. The standard InChI is InChI=1S/C15H28N4/c1-4-14-17-15(5-2)19(18-14)13-11-9-7-6-8-10-12(13)16-3/h12-13,16H,4-11H2,1-3H3. The molecule has 0 amide bonds. The number of nitrogens with zero attached hydrogens (tertiary/aromatic N) is 3. The first kappa shape index (κ1) is 14.5. The van der Waals surface area contributed by atoms with Crippen molar-refractivity contribution in [2.24, 2.45) is 0 Å². The van der Waals surface area contributed by atoms with Crippen molar-refractivity contribution in [3.05, 3.63) is 11.6 Å². The van der Waals surface area contributed by atoms with Gasteiger partial charge in [-0.25, -0.2) is 9.67 Å². The first-order valence-corrected chi connectivity index (χ1v) is 7.91. The molecule has 1 saturated carbocycles. The van der Waals surface area contributed by atoms with Gasteiger partial charge in [-0.15, -0.1) is 0 Å². The summed E-state index contributed by atoms with van der Waals surface area (Å²) >= 11 is 0. The van der Waals surface area contributed by atoms with Crippen molar-refractivity contribution in [1.82, 2.24) is 20.1 Å². The highest BCUT2D eigenvalue weighted by Crippen LogP contribution is 2.27. The van der Waals surface area contributed by atoms with Crippen LogP contribution in [0.25, 0.3) is 0 Å². The van der Waals surface area contributed by atoms with Crippen molar-refractivity contribution in [2.45, 2.75) is 77.3 Å². The zero-order valence-corrected chi connectivity index (χ0v) is 12.7. The lowest BCUT2D eigenvalue weighted by molar-refractivity contribution is 0.271. The maximum absolute atomic E-state index is 4.76. The average molecular weight is 264 g/mol. The maximum atomic E-state index is 4.76. The third-order valence-corrected chi connectivity index (χ3v) is 4.29. The van der Waals surface area contributed by atoms with Gasteiger partial charge in [-0.05, 0) is 19.9 Å². The largest absolute Gasteiger partial charge is 0.315 e. The fourth-order valence-corrected chi connectivity index (χ4v) is 3.16. The van der Waals surface area contributed by atoms with Crippen LogP contribution in [-0.2, 0) is 12.8 Å². The number of nitrogens with one attached hydrogen (secondary N) is 1. The second-order valence-corrected chi connectivity index (χ2v) is 5.55. The topological polar surface area (TPSA) is 42.7 Å². The van der Waals surface area contributed by atoms with Gasteiger partial charge in [0.25, 0.3) is 0 Å². The molecule has 0 saturated heterocycles. The molecule has 0 radical (unpaired) electrons. The quantitative estimate of drug-likeness (QED) is 0.909. The van der Waals surface area contributed by atoms with Gasteiger partial charge in [-0.3, -0.25) is 0 Å². The van der Waals surface area contributed by atoms with Crippen LogP contribution in [0.4, 0.5) is 0 Å². The van der Waals surface area contributed by atoms with Crippen LogP contribution >= 0.6 is 0 Å². The van der Waals surface area contributed by atoms with E-state index in [2.05, 4.69) is 35.9 Å². The second-order valence-electron chi connectivity index (χ2n) is 5.55. The van der Waals surface area contributed by atoms with Crippen LogP contribution in [0.1, 0.15) is 70.1 Å². The van der Waals surface area contributed by atoms with Crippen LogP contribution < -0.4 is 5.32 Å². The predicted octanol–water partition coefficient (Wildman–Crippen LogP) is 2.89. The van der Waals surface area contributed by atoms with Crippen LogP contribution in [0, 0.1) is 0 Å². The van der Waals surface area contributed by atoms with E-state index in [1.165, 1.54) is 38.5 Å². The number of aryl methyl sites for hydroxylation is 2. The highest BCUT2D eigenvalue weighted by atomic mass is 15.4. The Morgan fingerprint density at radius 2 is 1.84 bits per heavy atom. The van der Waals surface area contributed by atoms with Gasteiger partial charge in [0, 0.05) is 18.9 Å². The average Bonchev–Trinajstić information content (AvgIpc) is 2.82. The molecular formula is C15H28N4. The van der Waals surface area contributed by atoms with E-state index in [9.17, 15) is 0 Å². The summed E-state index contributed by atoms with van der Waals surface area (Å²) in [7, 11) is 2.09. The molecule has 2 unspecified atom stereocenters. The Kier molecular flexibility index (Phi) is 5.37. The van der Waals surface area contributed by atoms with Gasteiger partial charge in [0.2, 0.25) is 0 Å². The molecule has 1 aliphatic carbocycles. The van der Waals surface area contributed by atoms with Crippen LogP contribution in [-0.4, -0.2) is 27.9 Å². The normalized spacial score (nSPS) is 25.0. The minimum Gasteiger partial charge on any atom is -0.315 e. The number of hydrogen-bond acceptors (Lipinski definition) is 3. The highest BCUT2D eigenvalue weighted by Gasteiger charge is 2.26. The smallest absolute Gasteiger partial charge is 0.150 e. The molecule has 0 spiro atoms. The molecule has 19 heavy (non-hydrogen) atoms. The third kappa shape index (κ3) is 3.35. The minimum atomic E-state index is 0.480. The summed E-state index contributed by atoms with van der Waals surface area (Å²) in [6, 6.07) is 1.02. The van der Waals surface area contributed by atoms with Gasteiger partial charge in [-0.1, -0.05) is 39.5 Å². The van der Waals surface area contributed by atoms with Gasteiger partial charge in [-0.2, -0.15) is 5.10 Å². The van der Waals surface area contributed by atoms with E-state index in [0.29, 0.717) is 12.1 Å².